The van der Waals surface area contributed by atoms with Gasteiger partial charge in [-0.1, -0.05) is 0 Å². The summed E-state index contributed by atoms with van der Waals surface area (Å²) in [6.07, 6.45) is 1.81. The van der Waals surface area contributed by atoms with E-state index in [0.717, 1.165) is 25.9 Å². The number of rotatable bonds is 4. The van der Waals surface area contributed by atoms with Gasteiger partial charge in [-0.25, -0.2) is 4.79 Å². The third kappa shape index (κ3) is 3.96. The molecule has 2 rings (SSSR count). The van der Waals surface area contributed by atoms with E-state index >= 15 is 0 Å². The summed E-state index contributed by atoms with van der Waals surface area (Å²) >= 11 is 1.85. The Hall–Kier alpha value is -1.07. The lowest BCUT2D eigenvalue weighted by molar-refractivity contribution is 0.0944. The molecule has 1 aromatic heterocycles. The monoisotopic (exact) mass is 296 g/mol. The standard InChI is InChI=1S/C15H24N2O2S/c1-4-19-15(18)17-9-7-13(8-10-17)16-12(3)14-6-5-11(2)20-14/h5-6,12-13,16H,4,7-10H2,1-3H3. The van der Waals surface area contributed by atoms with E-state index in [2.05, 4.69) is 31.3 Å². The SMILES string of the molecule is CCOC(=O)N1CCC(NC(C)c2ccc(C)s2)CC1. The summed E-state index contributed by atoms with van der Waals surface area (Å²) in [5, 5.41) is 3.67. The van der Waals surface area contributed by atoms with Crippen LogP contribution in [0.4, 0.5) is 4.79 Å². The van der Waals surface area contributed by atoms with Gasteiger partial charge in [0.25, 0.3) is 0 Å². The summed E-state index contributed by atoms with van der Waals surface area (Å²) in [4.78, 5) is 16.2. The van der Waals surface area contributed by atoms with Crippen LogP contribution in [0.25, 0.3) is 0 Å². The van der Waals surface area contributed by atoms with Crippen molar-refractivity contribution in [3.63, 3.8) is 0 Å². The van der Waals surface area contributed by atoms with E-state index in [1.165, 1.54) is 9.75 Å². The second-order valence-corrected chi connectivity index (χ2v) is 6.62. The molecule has 20 heavy (non-hydrogen) atoms. The highest BCUT2D eigenvalue weighted by Crippen LogP contribution is 2.24. The van der Waals surface area contributed by atoms with Crippen molar-refractivity contribution in [2.24, 2.45) is 0 Å². The van der Waals surface area contributed by atoms with Gasteiger partial charge in [0.05, 0.1) is 6.61 Å². The number of ether oxygens (including phenoxy) is 1. The Bertz CT molecular complexity index is 439. The van der Waals surface area contributed by atoms with Gasteiger partial charge in [-0.05, 0) is 45.7 Å². The molecule has 1 atom stereocenters. The lowest BCUT2D eigenvalue weighted by Crippen LogP contribution is -2.45. The third-order valence-electron chi connectivity index (χ3n) is 3.69. The maximum absolute atomic E-state index is 11.6. The molecule has 1 saturated heterocycles. The molecule has 1 aliphatic rings. The number of thiophene rings is 1. The van der Waals surface area contributed by atoms with Gasteiger partial charge in [0.15, 0.2) is 0 Å². The Morgan fingerprint density at radius 1 is 1.50 bits per heavy atom. The molecule has 0 saturated carbocycles. The van der Waals surface area contributed by atoms with Crippen LogP contribution in [0.15, 0.2) is 12.1 Å². The van der Waals surface area contributed by atoms with Gasteiger partial charge in [-0.2, -0.15) is 0 Å². The highest BCUT2D eigenvalue weighted by Gasteiger charge is 2.24. The molecule has 0 spiro atoms. The fraction of sp³-hybridized carbons (Fsp3) is 0.667. The first-order valence-corrected chi connectivity index (χ1v) is 8.16. The van der Waals surface area contributed by atoms with E-state index < -0.39 is 0 Å². The Labute approximate surface area is 125 Å². The Kier molecular flexibility index (Phi) is 5.43. The van der Waals surface area contributed by atoms with Crippen molar-refractivity contribution in [1.82, 2.24) is 10.2 Å². The van der Waals surface area contributed by atoms with Crippen molar-refractivity contribution in [3.8, 4) is 0 Å². The Balaban J connectivity index is 1.78. The number of aryl methyl sites for hydroxylation is 1. The fourth-order valence-electron chi connectivity index (χ4n) is 2.57. The van der Waals surface area contributed by atoms with Crippen LogP contribution < -0.4 is 5.32 Å². The van der Waals surface area contributed by atoms with Crippen molar-refractivity contribution in [2.45, 2.75) is 45.7 Å². The average Bonchev–Trinajstić information content (AvgIpc) is 2.86. The van der Waals surface area contributed by atoms with E-state index in [1.807, 2.05) is 23.2 Å². The molecule has 1 N–H and O–H groups in total. The number of piperidine rings is 1. The Morgan fingerprint density at radius 2 is 2.20 bits per heavy atom. The normalized spacial score (nSPS) is 18.1. The largest absolute Gasteiger partial charge is 0.450 e. The van der Waals surface area contributed by atoms with E-state index in [0.29, 0.717) is 18.7 Å². The van der Waals surface area contributed by atoms with Gasteiger partial charge in [0.1, 0.15) is 0 Å². The molecule has 0 bridgehead atoms. The first-order valence-electron chi connectivity index (χ1n) is 7.34. The van der Waals surface area contributed by atoms with Gasteiger partial charge in [-0.3, -0.25) is 0 Å². The zero-order valence-corrected chi connectivity index (χ0v) is 13.3. The van der Waals surface area contributed by atoms with Crippen LogP contribution >= 0.6 is 11.3 Å². The number of hydrogen-bond acceptors (Lipinski definition) is 4. The minimum atomic E-state index is -0.173. The van der Waals surface area contributed by atoms with E-state index in [4.69, 9.17) is 4.74 Å². The average molecular weight is 296 g/mol. The quantitative estimate of drug-likeness (QED) is 0.926. The summed E-state index contributed by atoms with van der Waals surface area (Å²) in [6.45, 7) is 8.21. The molecule has 0 radical (unpaired) electrons. The van der Waals surface area contributed by atoms with Crippen LogP contribution in [-0.2, 0) is 4.74 Å². The van der Waals surface area contributed by atoms with Crippen molar-refractivity contribution in [1.29, 1.82) is 0 Å². The molecular weight excluding hydrogens is 272 g/mol. The van der Waals surface area contributed by atoms with Crippen molar-refractivity contribution < 1.29 is 9.53 Å². The smallest absolute Gasteiger partial charge is 0.409 e. The number of nitrogens with one attached hydrogen (secondary N) is 1. The van der Waals surface area contributed by atoms with Gasteiger partial charge in [0.2, 0.25) is 0 Å². The molecule has 112 valence electrons. The summed E-state index contributed by atoms with van der Waals surface area (Å²) in [6, 6.07) is 5.23. The van der Waals surface area contributed by atoms with Crippen LogP contribution in [0, 0.1) is 6.92 Å². The summed E-state index contributed by atoms with van der Waals surface area (Å²) in [5.41, 5.74) is 0. The lowest BCUT2D eigenvalue weighted by atomic mass is 10.0. The predicted molar refractivity (Wildman–Crippen MR) is 82.2 cm³/mol. The van der Waals surface area contributed by atoms with Crippen LogP contribution in [0.5, 0.6) is 0 Å². The molecule has 1 unspecified atom stereocenters. The van der Waals surface area contributed by atoms with Crippen molar-refractivity contribution in [2.75, 3.05) is 19.7 Å². The number of nitrogens with zero attached hydrogens (tertiary/aromatic N) is 1. The molecule has 1 amide bonds. The second kappa shape index (κ2) is 7.09. The van der Waals surface area contributed by atoms with Gasteiger partial charge in [0, 0.05) is 34.9 Å². The van der Waals surface area contributed by atoms with E-state index in [9.17, 15) is 4.79 Å². The van der Waals surface area contributed by atoms with Crippen LogP contribution in [-0.4, -0.2) is 36.7 Å². The fourth-order valence-corrected chi connectivity index (χ4v) is 3.45. The number of carbonyl (C=O) groups excluding carboxylic acids is 1. The lowest BCUT2D eigenvalue weighted by Gasteiger charge is -2.33. The maximum atomic E-state index is 11.6. The Morgan fingerprint density at radius 3 is 2.75 bits per heavy atom. The minimum absolute atomic E-state index is 0.173. The van der Waals surface area contributed by atoms with Gasteiger partial charge >= 0.3 is 6.09 Å². The number of hydrogen-bond donors (Lipinski definition) is 1. The molecule has 2 heterocycles. The van der Waals surface area contributed by atoms with E-state index in [-0.39, 0.29) is 6.09 Å². The molecule has 4 nitrogen and oxygen atoms in total. The van der Waals surface area contributed by atoms with Gasteiger partial charge in [-0.15, -0.1) is 11.3 Å². The predicted octanol–water partition coefficient (Wildman–Crippen LogP) is 3.33. The zero-order chi connectivity index (χ0) is 14.5. The summed E-state index contributed by atoms with van der Waals surface area (Å²) < 4.78 is 5.04. The summed E-state index contributed by atoms with van der Waals surface area (Å²) in [7, 11) is 0. The van der Waals surface area contributed by atoms with Crippen LogP contribution in [0.2, 0.25) is 0 Å². The van der Waals surface area contributed by atoms with Crippen LogP contribution in [0.3, 0.4) is 0 Å². The summed E-state index contributed by atoms with van der Waals surface area (Å²) in [5.74, 6) is 0. The molecule has 0 aromatic carbocycles. The van der Waals surface area contributed by atoms with Crippen LogP contribution in [0.1, 0.15) is 42.5 Å². The van der Waals surface area contributed by atoms with Crippen molar-refractivity contribution in [3.05, 3.63) is 21.9 Å². The van der Waals surface area contributed by atoms with E-state index in [1.54, 1.807) is 0 Å². The number of likely N-dealkylation sites (tertiary alicyclic amines) is 1. The molecule has 5 heteroatoms. The van der Waals surface area contributed by atoms with Gasteiger partial charge < -0.3 is 15.0 Å². The minimum Gasteiger partial charge on any atom is -0.450 e. The first kappa shape index (κ1) is 15.3. The second-order valence-electron chi connectivity index (χ2n) is 5.30. The molecule has 1 aliphatic heterocycles. The molecular formula is C15H24N2O2S. The topological polar surface area (TPSA) is 41.6 Å². The third-order valence-corrected chi connectivity index (χ3v) is 4.88. The number of carbonyl (C=O) groups is 1. The zero-order valence-electron chi connectivity index (χ0n) is 12.5. The first-order chi connectivity index (χ1) is 9.60. The van der Waals surface area contributed by atoms with Crippen molar-refractivity contribution >= 4 is 17.4 Å². The highest BCUT2D eigenvalue weighted by atomic mass is 32.1. The molecule has 0 aliphatic carbocycles. The maximum Gasteiger partial charge on any atom is 0.409 e. The molecule has 1 aromatic rings. The highest BCUT2D eigenvalue weighted by molar-refractivity contribution is 7.12. The number of amides is 1. The molecule has 1 fully saturated rings.